The zero-order chi connectivity index (χ0) is 15.5. The van der Waals surface area contributed by atoms with Gasteiger partial charge in [-0.15, -0.1) is 0 Å². The lowest BCUT2D eigenvalue weighted by molar-refractivity contribution is -0.170. The molecule has 1 aliphatic carbocycles. The first-order valence-corrected chi connectivity index (χ1v) is 7.60. The molecule has 116 valence electrons. The molecule has 1 aliphatic rings. The number of hydrogen-bond acceptors (Lipinski definition) is 3. The van der Waals surface area contributed by atoms with Crippen molar-refractivity contribution in [1.82, 2.24) is 0 Å². The van der Waals surface area contributed by atoms with Gasteiger partial charge in [-0.25, -0.2) is 4.79 Å². The highest BCUT2D eigenvalue weighted by Crippen LogP contribution is 2.30. The predicted molar refractivity (Wildman–Crippen MR) is 80.5 cm³/mol. The van der Waals surface area contributed by atoms with Crippen LogP contribution >= 0.6 is 0 Å². The summed E-state index contributed by atoms with van der Waals surface area (Å²) in [4.78, 5) is 11.6. The Morgan fingerprint density at radius 3 is 2.29 bits per heavy atom. The molecular weight excluding hydrogens is 268 g/mol. The highest BCUT2D eigenvalue weighted by molar-refractivity contribution is 5.79. The third kappa shape index (κ3) is 3.76. The van der Waals surface area contributed by atoms with Gasteiger partial charge in [0.2, 0.25) is 0 Å². The topological polar surface area (TPSA) is 55.8 Å². The quantitative estimate of drug-likeness (QED) is 0.868. The third-order valence-electron chi connectivity index (χ3n) is 3.89. The van der Waals surface area contributed by atoms with E-state index in [0.717, 1.165) is 18.6 Å². The zero-order valence-electron chi connectivity index (χ0n) is 13.0. The summed E-state index contributed by atoms with van der Waals surface area (Å²) in [6.45, 7) is 5.25. The highest BCUT2D eigenvalue weighted by atomic mass is 16.5. The van der Waals surface area contributed by atoms with Crippen LogP contribution in [0.2, 0.25) is 0 Å². The molecule has 0 radical (unpaired) electrons. The van der Waals surface area contributed by atoms with Crippen molar-refractivity contribution < 1.29 is 19.4 Å². The van der Waals surface area contributed by atoms with Gasteiger partial charge in [0, 0.05) is 0 Å². The number of carboxylic acid groups (broad SMARTS) is 1. The third-order valence-corrected chi connectivity index (χ3v) is 3.89. The first-order chi connectivity index (χ1) is 9.91. The van der Waals surface area contributed by atoms with Gasteiger partial charge in [0.1, 0.15) is 5.75 Å². The Kier molecular flexibility index (Phi) is 4.88. The summed E-state index contributed by atoms with van der Waals surface area (Å²) in [5.41, 5.74) is -0.706. The van der Waals surface area contributed by atoms with Crippen LogP contribution in [0.4, 0.5) is 0 Å². The van der Waals surface area contributed by atoms with Gasteiger partial charge in [0.15, 0.2) is 5.60 Å². The maximum atomic E-state index is 11.6. The largest absolute Gasteiger partial charge is 0.490 e. The molecule has 0 saturated heterocycles. The standard InChI is InChI=1S/C17H24O4/c1-12(2)21-17(3,16(18)19)13-8-10-15(11-9-13)20-14-6-4-5-7-14/h8-12,14H,4-7H2,1-3H3,(H,18,19). The molecule has 0 spiro atoms. The van der Waals surface area contributed by atoms with Crippen LogP contribution in [-0.4, -0.2) is 23.3 Å². The fourth-order valence-corrected chi connectivity index (χ4v) is 2.76. The number of carboxylic acids is 1. The molecular formula is C17H24O4. The number of benzene rings is 1. The summed E-state index contributed by atoms with van der Waals surface area (Å²) in [6.07, 6.45) is 4.79. The smallest absolute Gasteiger partial charge is 0.340 e. The normalized spacial score (nSPS) is 18.7. The highest BCUT2D eigenvalue weighted by Gasteiger charge is 2.37. The van der Waals surface area contributed by atoms with E-state index in [0.29, 0.717) is 11.7 Å². The Hall–Kier alpha value is -1.55. The van der Waals surface area contributed by atoms with Crippen molar-refractivity contribution in [2.45, 2.75) is 64.3 Å². The Labute approximate surface area is 126 Å². The lowest BCUT2D eigenvalue weighted by Crippen LogP contribution is -2.37. The maximum absolute atomic E-state index is 11.6. The van der Waals surface area contributed by atoms with Crippen molar-refractivity contribution in [1.29, 1.82) is 0 Å². The SMILES string of the molecule is CC(C)OC(C)(C(=O)O)c1ccc(OC2CCCC2)cc1. The summed E-state index contributed by atoms with van der Waals surface area (Å²) >= 11 is 0. The molecule has 0 aromatic heterocycles. The Morgan fingerprint density at radius 1 is 1.24 bits per heavy atom. The van der Waals surface area contributed by atoms with Gasteiger partial charge in [0.05, 0.1) is 12.2 Å². The number of rotatable bonds is 6. The molecule has 0 aliphatic heterocycles. The minimum Gasteiger partial charge on any atom is -0.490 e. The van der Waals surface area contributed by atoms with Crippen LogP contribution in [0.5, 0.6) is 5.75 Å². The lowest BCUT2D eigenvalue weighted by atomic mass is 9.95. The van der Waals surface area contributed by atoms with E-state index in [1.807, 2.05) is 26.0 Å². The van der Waals surface area contributed by atoms with Crippen molar-refractivity contribution >= 4 is 5.97 Å². The number of hydrogen-bond donors (Lipinski definition) is 1. The number of ether oxygens (including phenoxy) is 2. The lowest BCUT2D eigenvalue weighted by Gasteiger charge is -2.28. The van der Waals surface area contributed by atoms with E-state index in [9.17, 15) is 9.90 Å². The average molecular weight is 292 g/mol. The van der Waals surface area contributed by atoms with Crippen molar-refractivity contribution in [2.24, 2.45) is 0 Å². The first kappa shape index (κ1) is 15.8. The molecule has 1 fully saturated rings. The van der Waals surface area contributed by atoms with Crippen LogP contribution in [-0.2, 0) is 15.1 Å². The van der Waals surface area contributed by atoms with E-state index in [4.69, 9.17) is 9.47 Å². The van der Waals surface area contributed by atoms with Crippen molar-refractivity contribution in [3.63, 3.8) is 0 Å². The fraction of sp³-hybridized carbons (Fsp3) is 0.588. The van der Waals surface area contributed by atoms with Crippen molar-refractivity contribution in [3.05, 3.63) is 29.8 Å². The van der Waals surface area contributed by atoms with E-state index in [1.165, 1.54) is 12.8 Å². The molecule has 1 N–H and O–H groups in total. The Morgan fingerprint density at radius 2 is 1.81 bits per heavy atom. The van der Waals surface area contributed by atoms with Gasteiger partial charge in [0.25, 0.3) is 0 Å². The van der Waals surface area contributed by atoms with Crippen LogP contribution in [0.25, 0.3) is 0 Å². The molecule has 1 atom stereocenters. The first-order valence-electron chi connectivity index (χ1n) is 7.60. The van der Waals surface area contributed by atoms with E-state index in [-0.39, 0.29) is 6.10 Å². The summed E-state index contributed by atoms with van der Waals surface area (Å²) in [5.74, 6) is -0.191. The second kappa shape index (κ2) is 6.48. The minimum absolute atomic E-state index is 0.166. The van der Waals surface area contributed by atoms with Crippen LogP contribution < -0.4 is 4.74 Å². The van der Waals surface area contributed by atoms with Crippen LogP contribution in [0.15, 0.2) is 24.3 Å². The van der Waals surface area contributed by atoms with E-state index < -0.39 is 11.6 Å². The van der Waals surface area contributed by atoms with Gasteiger partial charge >= 0.3 is 5.97 Å². The summed E-state index contributed by atoms with van der Waals surface area (Å²) < 4.78 is 11.5. The molecule has 1 aromatic carbocycles. The van der Waals surface area contributed by atoms with Gasteiger partial charge in [-0.2, -0.15) is 0 Å². The average Bonchev–Trinajstić information content (AvgIpc) is 2.91. The monoisotopic (exact) mass is 292 g/mol. The molecule has 2 rings (SSSR count). The molecule has 1 saturated carbocycles. The molecule has 0 heterocycles. The summed E-state index contributed by atoms with van der Waals surface area (Å²) in [6, 6.07) is 7.22. The Bertz CT molecular complexity index is 474. The molecule has 21 heavy (non-hydrogen) atoms. The summed E-state index contributed by atoms with van der Waals surface area (Å²) in [5, 5.41) is 9.48. The minimum atomic E-state index is -1.33. The molecule has 0 bridgehead atoms. The second-order valence-electron chi connectivity index (χ2n) is 6.05. The van der Waals surface area contributed by atoms with Crippen LogP contribution in [0.1, 0.15) is 52.0 Å². The zero-order valence-corrected chi connectivity index (χ0v) is 13.0. The van der Waals surface area contributed by atoms with Gasteiger partial charge in [-0.3, -0.25) is 0 Å². The molecule has 0 amide bonds. The number of carbonyl (C=O) groups is 1. The van der Waals surface area contributed by atoms with Crippen LogP contribution in [0.3, 0.4) is 0 Å². The van der Waals surface area contributed by atoms with Crippen LogP contribution in [0, 0.1) is 0 Å². The van der Waals surface area contributed by atoms with Gasteiger partial charge < -0.3 is 14.6 Å². The van der Waals surface area contributed by atoms with Crippen molar-refractivity contribution in [3.8, 4) is 5.75 Å². The Balaban J connectivity index is 2.13. The van der Waals surface area contributed by atoms with Gasteiger partial charge in [-0.1, -0.05) is 12.1 Å². The summed E-state index contributed by atoms with van der Waals surface area (Å²) in [7, 11) is 0. The predicted octanol–water partition coefficient (Wildman–Crippen LogP) is 3.73. The van der Waals surface area contributed by atoms with E-state index in [2.05, 4.69) is 0 Å². The molecule has 4 heteroatoms. The second-order valence-corrected chi connectivity index (χ2v) is 6.05. The molecule has 1 aromatic rings. The van der Waals surface area contributed by atoms with Gasteiger partial charge in [-0.05, 0) is 64.2 Å². The van der Waals surface area contributed by atoms with Crippen molar-refractivity contribution in [2.75, 3.05) is 0 Å². The maximum Gasteiger partial charge on any atom is 0.340 e. The molecule has 1 unspecified atom stereocenters. The fourth-order valence-electron chi connectivity index (χ4n) is 2.76. The molecule has 4 nitrogen and oxygen atoms in total. The number of aliphatic carboxylic acids is 1. The van der Waals surface area contributed by atoms with E-state index >= 15 is 0 Å². The van der Waals surface area contributed by atoms with E-state index in [1.54, 1.807) is 19.1 Å².